The highest BCUT2D eigenvalue weighted by Gasteiger charge is 2.25. The molecule has 2 aliphatic rings. The lowest BCUT2D eigenvalue weighted by Gasteiger charge is -2.30. The first kappa shape index (κ1) is 11.4. The fourth-order valence-corrected chi connectivity index (χ4v) is 2.87. The molecule has 15 heavy (non-hydrogen) atoms. The molecule has 88 valence electrons. The maximum atomic E-state index is 5.39. The first-order valence-electron chi connectivity index (χ1n) is 6.25. The second kappa shape index (κ2) is 5.28. The van der Waals surface area contributed by atoms with Gasteiger partial charge in [-0.25, -0.2) is 0 Å². The minimum absolute atomic E-state index is 0.523. The van der Waals surface area contributed by atoms with Gasteiger partial charge in [0, 0.05) is 25.7 Å². The molecule has 2 fully saturated rings. The van der Waals surface area contributed by atoms with Crippen LogP contribution in [0.1, 0.15) is 32.1 Å². The smallest absolute Gasteiger partial charge is 0.0572 e. The SMILES string of the molecule is COC1CCC(NC2CCN(C)C2)CC1. The maximum absolute atomic E-state index is 5.39. The number of likely N-dealkylation sites (N-methyl/N-ethyl adjacent to an activating group) is 1. The highest BCUT2D eigenvalue weighted by Crippen LogP contribution is 2.21. The summed E-state index contributed by atoms with van der Waals surface area (Å²) in [6.45, 7) is 2.48. The van der Waals surface area contributed by atoms with Crippen LogP contribution in [0.25, 0.3) is 0 Å². The molecule has 1 saturated heterocycles. The lowest BCUT2D eigenvalue weighted by molar-refractivity contribution is 0.0613. The zero-order valence-corrected chi connectivity index (χ0v) is 10.0. The molecule has 0 aromatic carbocycles. The summed E-state index contributed by atoms with van der Waals surface area (Å²) in [5.41, 5.74) is 0. The molecule has 0 spiro atoms. The van der Waals surface area contributed by atoms with Crippen molar-refractivity contribution >= 4 is 0 Å². The molecule has 1 saturated carbocycles. The molecule has 0 bridgehead atoms. The van der Waals surface area contributed by atoms with Crippen molar-refractivity contribution in [1.29, 1.82) is 0 Å². The van der Waals surface area contributed by atoms with E-state index in [-0.39, 0.29) is 0 Å². The van der Waals surface area contributed by atoms with Crippen molar-refractivity contribution in [3.05, 3.63) is 0 Å². The fourth-order valence-electron chi connectivity index (χ4n) is 2.87. The molecule has 0 aromatic rings. The Hall–Kier alpha value is -0.120. The predicted molar refractivity (Wildman–Crippen MR) is 62.1 cm³/mol. The number of rotatable bonds is 3. The fraction of sp³-hybridized carbons (Fsp3) is 1.00. The topological polar surface area (TPSA) is 24.5 Å². The molecular formula is C12H24N2O. The van der Waals surface area contributed by atoms with Gasteiger partial charge in [-0.05, 0) is 45.7 Å². The molecule has 1 aliphatic carbocycles. The van der Waals surface area contributed by atoms with Crippen molar-refractivity contribution in [2.45, 2.75) is 50.3 Å². The van der Waals surface area contributed by atoms with Gasteiger partial charge in [0.15, 0.2) is 0 Å². The average molecular weight is 212 g/mol. The normalized spacial score (nSPS) is 38.4. The number of likely N-dealkylation sites (tertiary alicyclic amines) is 1. The number of nitrogens with one attached hydrogen (secondary N) is 1. The molecule has 1 unspecified atom stereocenters. The van der Waals surface area contributed by atoms with Gasteiger partial charge in [-0.1, -0.05) is 0 Å². The van der Waals surface area contributed by atoms with E-state index in [1.807, 2.05) is 7.11 Å². The van der Waals surface area contributed by atoms with Gasteiger partial charge >= 0.3 is 0 Å². The number of methoxy groups -OCH3 is 1. The lowest BCUT2D eigenvalue weighted by atomic mass is 9.92. The van der Waals surface area contributed by atoms with E-state index in [4.69, 9.17) is 4.74 Å². The van der Waals surface area contributed by atoms with Crippen molar-refractivity contribution in [1.82, 2.24) is 10.2 Å². The van der Waals surface area contributed by atoms with E-state index in [2.05, 4.69) is 17.3 Å². The summed E-state index contributed by atoms with van der Waals surface area (Å²) in [6.07, 6.45) is 6.89. The second-order valence-corrected chi connectivity index (χ2v) is 5.12. The van der Waals surface area contributed by atoms with Gasteiger partial charge in [0.1, 0.15) is 0 Å². The zero-order valence-electron chi connectivity index (χ0n) is 10.0. The van der Waals surface area contributed by atoms with Crippen LogP contribution in [0.5, 0.6) is 0 Å². The Morgan fingerprint density at radius 2 is 1.80 bits per heavy atom. The Morgan fingerprint density at radius 3 is 2.33 bits per heavy atom. The highest BCUT2D eigenvalue weighted by atomic mass is 16.5. The molecule has 1 heterocycles. The van der Waals surface area contributed by atoms with Gasteiger partial charge < -0.3 is 15.0 Å². The number of ether oxygens (including phenoxy) is 1. The molecule has 3 heteroatoms. The van der Waals surface area contributed by atoms with E-state index in [0.29, 0.717) is 6.10 Å². The van der Waals surface area contributed by atoms with E-state index >= 15 is 0 Å². The summed E-state index contributed by atoms with van der Waals surface area (Å²) in [5, 5.41) is 3.80. The van der Waals surface area contributed by atoms with Gasteiger partial charge in [-0.15, -0.1) is 0 Å². The lowest BCUT2D eigenvalue weighted by Crippen LogP contribution is -2.42. The van der Waals surface area contributed by atoms with Crippen molar-refractivity contribution in [3.8, 4) is 0 Å². The van der Waals surface area contributed by atoms with Crippen LogP contribution >= 0.6 is 0 Å². The van der Waals surface area contributed by atoms with Crippen molar-refractivity contribution < 1.29 is 4.74 Å². The minimum Gasteiger partial charge on any atom is -0.381 e. The number of nitrogens with zero attached hydrogens (tertiary/aromatic N) is 1. The van der Waals surface area contributed by atoms with Gasteiger partial charge in [-0.2, -0.15) is 0 Å². The zero-order chi connectivity index (χ0) is 10.7. The monoisotopic (exact) mass is 212 g/mol. The van der Waals surface area contributed by atoms with Crippen LogP contribution in [0.15, 0.2) is 0 Å². The summed E-state index contributed by atoms with van der Waals surface area (Å²) in [5.74, 6) is 0. The molecule has 2 rings (SSSR count). The third kappa shape index (κ3) is 3.16. The summed E-state index contributed by atoms with van der Waals surface area (Å²) >= 11 is 0. The largest absolute Gasteiger partial charge is 0.381 e. The van der Waals surface area contributed by atoms with E-state index in [1.54, 1.807) is 0 Å². The molecule has 3 nitrogen and oxygen atoms in total. The van der Waals surface area contributed by atoms with Crippen LogP contribution in [0.3, 0.4) is 0 Å². The predicted octanol–water partition coefficient (Wildman–Crippen LogP) is 1.24. The van der Waals surface area contributed by atoms with Gasteiger partial charge in [-0.3, -0.25) is 0 Å². The number of hydrogen-bond donors (Lipinski definition) is 1. The van der Waals surface area contributed by atoms with Crippen molar-refractivity contribution in [2.24, 2.45) is 0 Å². The van der Waals surface area contributed by atoms with Crippen LogP contribution in [-0.2, 0) is 4.74 Å². The highest BCUT2D eigenvalue weighted by molar-refractivity contribution is 4.85. The van der Waals surface area contributed by atoms with Crippen molar-refractivity contribution in [3.63, 3.8) is 0 Å². The first-order valence-corrected chi connectivity index (χ1v) is 6.25. The molecule has 0 aromatic heterocycles. The second-order valence-electron chi connectivity index (χ2n) is 5.12. The van der Waals surface area contributed by atoms with Gasteiger partial charge in [0.05, 0.1) is 6.10 Å². The van der Waals surface area contributed by atoms with Crippen LogP contribution in [0, 0.1) is 0 Å². The Morgan fingerprint density at radius 1 is 1.07 bits per heavy atom. The number of hydrogen-bond acceptors (Lipinski definition) is 3. The van der Waals surface area contributed by atoms with E-state index in [1.165, 1.54) is 45.2 Å². The first-order chi connectivity index (χ1) is 7.28. The molecule has 1 aliphatic heterocycles. The third-order valence-corrected chi connectivity index (χ3v) is 3.87. The van der Waals surface area contributed by atoms with E-state index in [0.717, 1.165) is 12.1 Å². The summed E-state index contributed by atoms with van der Waals surface area (Å²) in [4.78, 5) is 2.42. The van der Waals surface area contributed by atoms with Gasteiger partial charge in [0.25, 0.3) is 0 Å². The Balaban J connectivity index is 1.68. The summed E-state index contributed by atoms with van der Waals surface area (Å²) in [7, 11) is 4.05. The third-order valence-electron chi connectivity index (χ3n) is 3.87. The van der Waals surface area contributed by atoms with Crippen LogP contribution in [0.4, 0.5) is 0 Å². The minimum atomic E-state index is 0.523. The average Bonchev–Trinajstić information content (AvgIpc) is 2.65. The summed E-state index contributed by atoms with van der Waals surface area (Å²) in [6, 6.07) is 1.48. The quantitative estimate of drug-likeness (QED) is 0.762. The van der Waals surface area contributed by atoms with Crippen LogP contribution < -0.4 is 5.32 Å². The van der Waals surface area contributed by atoms with Gasteiger partial charge in [0.2, 0.25) is 0 Å². The molecule has 1 atom stereocenters. The molecule has 1 N–H and O–H groups in total. The van der Waals surface area contributed by atoms with E-state index in [9.17, 15) is 0 Å². The molecule has 0 amide bonds. The van der Waals surface area contributed by atoms with Crippen LogP contribution in [0.2, 0.25) is 0 Å². The molecule has 0 radical (unpaired) electrons. The summed E-state index contributed by atoms with van der Waals surface area (Å²) < 4.78 is 5.39. The standard InChI is InChI=1S/C12H24N2O/c1-14-8-7-11(9-14)13-10-3-5-12(15-2)6-4-10/h10-13H,3-9H2,1-2H3. The Labute approximate surface area is 93.2 Å². The van der Waals surface area contributed by atoms with Crippen LogP contribution in [-0.4, -0.2) is 50.3 Å². The van der Waals surface area contributed by atoms with E-state index < -0.39 is 0 Å². The maximum Gasteiger partial charge on any atom is 0.0572 e. The Bertz CT molecular complexity index is 190. The van der Waals surface area contributed by atoms with Crippen molar-refractivity contribution in [2.75, 3.05) is 27.2 Å². The Kier molecular flexibility index (Phi) is 4.00. The molecular weight excluding hydrogens is 188 g/mol.